The van der Waals surface area contributed by atoms with E-state index in [1.165, 1.54) is 0 Å². The number of hydrogen-bond donors (Lipinski definition) is 2. The third-order valence-corrected chi connectivity index (χ3v) is 2.31. The van der Waals surface area contributed by atoms with E-state index >= 15 is 0 Å². The van der Waals surface area contributed by atoms with Crippen LogP contribution < -0.4 is 5.32 Å². The second-order valence-corrected chi connectivity index (χ2v) is 3.26. The maximum Gasteiger partial charge on any atom is 0.221 e. The van der Waals surface area contributed by atoms with Crippen LogP contribution in [0.25, 0.3) is 0 Å². The van der Waals surface area contributed by atoms with Crippen molar-refractivity contribution in [3.05, 3.63) is 10.6 Å². The molecule has 1 aromatic rings. The van der Waals surface area contributed by atoms with Gasteiger partial charge in [-0.2, -0.15) is 5.10 Å². The highest BCUT2D eigenvalue weighted by Crippen LogP contribution is 2.00. The van der Waals surface area contributed by atoms with Crippen LogP contribution >= 0.6 is 12.2 Å². The SMILES string of the molecule is CCc1n[nH]c(=S)n1CCC(=O)NC. The van der Waals surface area contributed by atoms with Crippen molar-refractivity contribution in [3.63, 3.8) is 0 Å². The van der Waals surface area contributed by atoms with Gasteiger partial charge in [0.2, 0.25) is 5.91 Å². The van der Waals surface area contributed by atoms with Gasteiger partial charge in [-0.1, -0.05) is 6.92 Å². The first-order valence-corrected chi connectivity index (χ1v) is 4.94. The van der Waals surface area contributed by atoms with Crippen LogP contribution in [0, 0.1) is 4.77 Å². The molecule has 0 saturated carbocycles. The summed E-state index contributed by atoms with van der Waals surface area (Å²) in [6, 6.07) is 0. The average Bonchev–Trinajstić information content (AvgIpc) is 2.55. The van der Waals surface area contributed by atoms with E-state index in [1.54, 1.807) is 7.05 Å². The van der Waals surface area contributed by atoms with Gasteiger partial charge in [-0.05, 0) is 12.2 Å². The molecule has 0 spiro atoms. The summed E-state index contributed by atoms with van der Waals surface area (Å²) in [4.78, 5) is 11.0. The third kappa shape index (κ3) is 2.41. The van der Waals surface area contributed by atoms with Crippen LogP contribution in [-0.4, -0.2) is 27.7 Å². The summed E-state index contributed by atoms with van der Waals surface area (Å²) in [6.45, 7) is 2.58. The first-order chi connectivity index (χ1) is 6.69. The molecule has 1 amide bonds. The molecule has 5 nitrogen and oxygen atoms in total. The van der Waals surface area contributed by atoms with Gasteiger partial charge in [-0.25, -0.2) is 0 Å². The van der Waals surface area contributed by atoms with Gasteiger partial charge >= 0.3 is 0 Å². The number of H-pyrrole nitrogens is 1. The zero-order valence-corrected chi connectivity index (χ0v) is 9.15. The molecule has 1 heterocycles. The fraction of sp³-hybridized carbons (Fsp3) is 0.625. The lowest BCUT2D eigenvalue weighted by atomic mass is 10.3. The normalized spacial score (nSPS) is 10.1. The topological polar surface area (TPSA) is 62.7 Å². The minimum absolute atomic E-state index is 0.00940. The Morgan fingerprint density at radius 3 is 3.00 bits per heavy atom. The zero-order valence-electron chi connectivity index (χ0n) is 8.33. The molecule has 1 rings (SSSR count). The van der Waals surface area contributed by atoms with Gasteiger partial charge in [0.25, 0.3) is 0 Å². The minimum Gasteiger partial charge on any atom is -0.359 e. The van der Waals surface area contributed by atoms with Gasteiger partial charge in [0.05, 0.1) is 0 Å². The smallest absolute Gasteiger partial charge is 0.221 e. The van der Waals surface area contributed by atoms with Crippen LogP contribution in [-0.2, 0) is 17.8 Å². The van der Waals surface area contributed by atoms with Crippen molar-refractivity contribution in [2.75, 3.05) is 7.05 Å². The molecule has 0 atom stereocenters. The molecular formula is C8H14N4OS. The number of nitrogens with one attached hydrogen (secondary N) is 2. The van der Waals surface area contributed by atoms with Gasteiger partial charge in [0, 0.05) is 26.4 Å². The number of carbonyl (C=O) groups is 1. The van der Waals surface area contributed by atoms with Crippen molar-refractivity contribution in [1.82, 2.24) is 20.1 Å². The molecule has 6 heteroatoms. The summed E-state index contributed by atoms with van der Waals surface area (Å²) in [5.74, 6) is 0.897. The molecule has 0 fully saturated rings. The number of amides is 1. The highest BCUT2D eigenvalue weighted by atomic mass is 32.1. The number of aromatic amines is 1. The van der Waals surface area contributed by atoms with Gasteiger partial charge in [-0.3, -0.25) is 9.89 Å². The number of aryl methyl sites for hydroxylation is 1. The van der Waals surface area contributed by atoms with E-state index in [9.17, 15) is 4.79 Å². The Balaban J connectivity index is 2.70. The van der Waals surface area contributed by atoms with Gasteiger partial charge in [0.15, 0.2) is 4.77 Å². The Hall–Kier alpha value is -1.17. The molecule has 0 aliphatic carbocycles. The van der Waals surface area contributed by atoms with Gasteiger partial charge < -0.3 is 9.88 Å². The van der Waals surface area contributed by atoms with Crippen LogP contribution in [0.4, 0.5) is 0 Å². The van der Waals surface area contributed by atoms with Crippen molar-refractivity contribution in [3.8, 4) is 0 Å². The number of nitrogens with zero attached hydrogens (tertiary/aromatic N) is 2. The molecule has 0 bridgehead atoms. The van der Waals surface area contributed by atoms with E-state index in [2.05, 4.69) is 15.5 Å². The van der Waals surface area contributed by atoms with Crippen LogP contribution in [0.5, 0.6) is 0 Å². The second-order valence-electron chi connectivity index (χ2n) is 2.87. The molecule has 1 aromatic heterocycles. The van der Waals surface area contributed by atoms with E-state index in [0.29, 0.717) is 17.7 Å². The molecular weight excluding hydrogens is 200 g/mol. The van der Waals surface area contributed by atoms with Crippen molar-refractivity contribution < 1.29 is 4.79 Å². The first kappa shape index (κ1) is 10.9. The van der Waals surface area contributed by atoms with Crippen molar-refractivity contribution >= 4 is 18.1 Å². The van der Waals surface area contributed by atoms with E-state index in [0.717, 1.165) is 12.2 Å². The van der Waals surface area contributed by atoms with E-state index < -0.39 is 0 Å². The number of rotatable bonds is 4. The minimum atomic E-state index is 0.00940. The highest BCUT2D eigenvalue weighted by Gasteiger charge is 2.05. The van der Waals surface area contributed by atoms with E-state index in [-0.39, 0.29) is 5.91 Å². The quantitative estimate of drug-likeness (QED) is 0.723. The van der Waals surface area contributed by atoms with Crippen molar-refractivity contribution in [2.45, 2.75) is 26.3 Å². The highest BCUT2D eigenvalue weighted by molar-refractivity contribution is 7.71. The molecule has 0 unspecified atom stereocenters. The Morgan fingerprint density at radius 1 is 1.71 bits per heavy atom. The molecule has 2 N–H and O–H groups in total. The molecule has 78 valence electrons. The predicted octanol–water partition coefficient (Wildman–Crippen LogP) is 0.639. The molecule has 14 heavy (non-hydrogen) atoms. The Bertz CT molecular complexity index is 368. The summed E-state index contributed by atoms with van der Waals surface area (Å²) < 4.78 is 2.43. The standard InChI is InChI=1S/C8H14N4OS/c1-3-6-10-11-8(14)12(6)5-4-7(13)9-2/h3-5H2,1-2H3,(H,9,13)(H,11,14). The van der Waals surface area contributed by atoms with Crippen LogP contribution in [0.1, 0.15) is 19.2 Å². The summed E-state index contributed by atoms with van der Waals surface area (Å²) in [5.41, 5.74) is 0. The molecule has 0 aliphatic rings. The summed E-state index contributed by atoms with van der Waals surface area (Å²) in [5, 5.41) is 9.33. The number of carbonyl (C=O) groups excluding carboxylic acids is 1. The van der Waals surface area contributed by atoms with Crippen LogP contribution in [0.15, 0.2) is 0 Å². The summed E-state index contributed by atoms with van der Waals surface area (Å²) in [6.07, 6.45) is 1.23. The molecule has 0 aromatic carbocycles. The lowest BCUT2D eigenvalue weighted by Crippen LogP contribution is -2.20. The van der Waals surface area contributed by atoms with Gasteiger partial charge in [0.1, 0.15) is 5.82 Å². The van der Waals surface area contributed by atoms with E-state index in [1.807, 2.05) is 11.5 Å². The van der Waals surface area contributed by atoms with Crippen molar-refractivity contribution in [2.24, 2.45) is 0 Å². The van der Waals surface area contributed by atoms with E-state index in [4.69, 9.17) is 12.2 Å². The first-order valence-electron chi connectivity index (χ1n) is 4.53. The lowest BCUT2D eigenvalue weighted by molar-refractivity contribution is -0.120. The second kappa shape index (κ2) is 4.90. The zero-order chi connectivity index (χ0) is 10.6. The lowest BCUT2D eigenvalue weighted by Gasteiger charge is -2.03. The van der Waals surface area contributed by atoms with Gasteiger partial charge in [-0.15, -0.1) is 0 Å². The predicted molar refractivity (Wildman–Crippen MR) is 55.5 cm³/mol. The fourth-order valence-corrected chi connectivity index (χ4v) is 1.43. The molecule has 0 radical (unpaired) electrons. The summed E-state index contributed by atoms with van der Waals surface area (Å²) in [7, 11) is 1.62. The Morgan fingerprint density at radius 2 is 2.43 bits per heavy atom. The fourth-order valence-electron chi connectivity index (χ4n) is 1.19. The third-order valence-electron chi connectivity index (χ3n) is 1.99. The monoisotopic (exact) mass is 214 g/mol. The Kier molecular flexibility index (Phi) is 3.82. The molecule has 0 saturated heterocycles. The number of aromatic nitrogens is 3. The maximum atomic E-state index is 11.0. The van der Waals surface area contributed by atoms with Crippen LogP contribution in [0.3, 0.4) is 0 Å². The van der Waals surface area contributed by atoms with Crippen molar-refractivity contribution in [1.29, 1.82) is 0 Å². The Labute approximate surface area is 87.5 Å². The number of hydrogen-bond acceptors (Lipinski definition) is 3. The largest absolute Gasteiger partial charge is 0.359 e. The average molecular weight is 214 g/mol. The van der Waals surface area contributed by atoms with Crippen LogP contribution in [0.2, 0.25) is 0 Å². The maximum absolute atomic E-state index is 11.0. The summed E-state index contributed by atoms with van der Waals surface area (Å²) >= 11 is 5.04. The molecule has 0 aliphatic heterocycles.